The number of hydrogen-bond donors (Lipinski definition) is 2. The Balaban J connectivity index is 0.000000105. The molecule has 0 unspecified atom stereocenters. The van der Waals surface area contributed by atoms with Crippen LogP contribution in [0.2, 0.25) is 0 Å². The molecule has 10 aliphatic rings. The van der Waals surface area contributed by atoms with Gasteiger partial charge < -0.3 is 76.8 Å². The molecule has 2 N–H and O–H groups in total. The molecule has 0 aromatic heterocycles. The normalized spacial score (nSPS) is 15.6. The summed E-state index contributed by atoms with van der Waals surface area (Å²) in [4.78, 5) is 18.0. The molecule has 0 amide bonds. The van der Waals surface area contributed by atoms with Gasteiger partial charge in [0.05, 0.1) is 0 Å². The lowest BCUT2D eigenvalue weighted by Gasteiger charge is -2.34. The zero-order valence-corrected chi connectivity index (χ0v) is 84.6. The zero-order valence-electron chi connectivity index (χ0n) is 84.6. The first-order valence-electron chi connectivity index (χ1n) is 51.1. The Labute approximate surface area is 863 Å². The van der Waals surface area contributed by atoms with Gasteiger partial charge in [-0.1, -0.05) is 222 Å². The van der Waals surface area contributed by atoms with E-state index < -0.39 is 0 Å². The molecule has 10 aliphatic heterocycles. The van der Waals surface area contributed by atoms with Gasteiger partial charge in [0.1, 0.15) is 84.4 Å². The summed E-state index contributed by atoms with van der Waals surface area (Å²) >= 11 is 0. The van der Waals surface area contributed by atoms with Crippen LogP contribution in [0.4, 0.5) is 34.1 Å². The maximum absolute atomic E-state index is 6.10. The summed E-state index contributed by atoms with van der Waals surface area (Å²) < 4.78 is 58.8. The van der Waals surface area contributed by atoms with Crippen LogP contribution in [0, 0.1) is 0 Å². The first-order chi connectivity index (χ1) is 72.0. The Hall–Kier alpha value is -15.8. The fourth-order valence-corrected chi connectivity index (χ4v) is 20.8. The summed E-state index contributed by atoms with van der Waals surface area (Å²) in [5.74, 6) is 9.95. The fraction of sp³-hybridized carbons (Fsp3) is 0.244. The minimum Gasteiger partial charge on any atom is -0.478 e. The van der Waals surface area contributed by atoms with E-state index in [4.69, 9.17) is 47.4 Å². The van der Waals surface area contributed by atoms with E-state index in [-0.39, 0.29) is 10.8 Å². The van der Waals surface area contributed by atoms with Crippen molar-refractivity contribution in [2.24, 2.45) is 0 Å². The molecule has 10 heterocycles. The van der Waals surface area contributed by atoms with Crippen LogP contribution < -0.4 is 87.4 Å². The van der Waals surface area contributed by atoms with Gasteiger partial charge >= 0.3 is 0 Å². The van der Waals surface area contributed by atoms with Crippen LogP contribution in [0.25, 0.3) is 0 Å². The second-order valence-corrected chi connectivity index (χ2v) is 40.6. The summed E-state index contributed by atoms with van der Waals surface area (Å²) in [7, 11) is 4.17. The van der Waals surface area contributed by atoms with Crippen molar-refractivity contribution in [2.45, 2.75) is 123 Å². The Morgan fingerprint density at radius 1 is 0.197 bits per heavy atom. The number of para-hydroxylation sites is 6. The van der Waals surface area contributed by atoms with Gasteiger partial charge in [0.25, 0.3) is 0 Å². The molecule has 16 aromatic carbocycles. The van der Waals surface area contributed by atoms with Gasteiger partial charge in [-0.15, -0.1) is 0 Å². The number of nitrogens with one attached hydrogen (secondary N) is 2. The van der Waals surface area contributed by atoms with Crippen molar-refractivity contribution in [3.63, 3.8) is 0 Å². The van der Waals surface area contributed by atoms with Crippen LogP contribution in [0.3, 0.4) is 0 Å². The highest BCUT2D eigenvalue weighted by Gasteiger charge is 2.33. The number of ether oxygens (including phenoxy) is 10. The molecule has 744 valence electrons. The van der Waals surface area contributed by atoms with Crippen LogP contribution in [0.5, 0.6) is 57.5 Å². The van der Waals surface area contributed by atoms with E-state index in [0.29, 0.717) is 67.3 Å². The lowest BCUT2D eigenvalue weighted by Crippen LogP contribution is -2.32. The third-order valence-corrected chi connectivity index (χ3v) is 29.4. The Morgan fingerprint density at radius 3 is 0.721 bits per heavy atom. The maximum atomic E-state index is 6.10. The monoisotopic (exact) mass is 1950 g/mol. The highest BCUT2D eigenvalue weighted by molar-refractivity contribution is 5.61. The number of hydrogen-bond acceptors (Lipinski definition) is 20. The molecule has 0 bridgehead atoms. The molecule has 0 saturated heterocycles. The molecular formula is C127H126N10O10. The molecule has 0 fully saturated rings. The van der Waals surface area contributed by atoms with E-state index in [1.807, 2.05) is 48.5 Å². The SMILES string of the molecule is CC(C)(c1ccc2c(c1)CN(c1ccccc1)CO2)c1ccc2c(c1)CN(c1ccccc1)CO2.CN1COc2ccc(C(C)(C)c3ccc4c(c3)CN(C)CO4)cc2C1.c1cc2c(cc1Cc1ccc3c(c1)CNCO3)CNCO2.c1ccc(N2COc3ccc(Cc4ccc5c(c4)CN(c4ccccc4)CO5)cc3C2)cc1.c1ccc2c(c1)CN(c1ccc(Cc3ccc(N4COc5ccccc5C4)cc3)cc1)CO2. The largest absolute Gasteiger partial charge is 0.478 e. The zero-order chi connectivity index (χ0) is 99.6. The van der Waals surface area contributed by atoms with Crippen molar-refractivity contribution in [1.29, 1.82) is 0 Å². The quantitative estimate of drug-likeness (QED) is 0.0946. The van der Waals surface area contributed by atoms with E-state index in [2.05, 4.69) is 407 Å². The van der Waals surface area contributed by atoms with Crippen molar-refractivity contribution in [3.8, 4) is 57.5 Å². The molecule has 0 radical (unpaired) electrons. The standard InChI is InChI=1S/C31H30N2O2.2C29H26N2O2.C21H26N2O2.C17H18N2O2/c1-31(2,25-13-15-29-23(17-25)19-32(21-34-29)27-9-5-3-6-10-27)26-14-16-30-24(18-26)20-33(22-35-30)28-11-7-4-8-12-28;1-3-7-28-24(5-1)18-30(20-32-28)26-13-9-22(10-14-26)17-23-11-15-27(16-12-23)31-19-25-6-2-4-8-29(25)33-21-31;1-3-7-26(8-4-1)30-18-24-16-22(11-13-28(24)32-20-30)15-23-12-14-29-25(17-23)19-31(21-33-29)27-9-5-2-6-10-27;1-21(2,17-5-7-19-15(9-17)11-22(3)13-24-19)18-6-8-20-16(10-18)12-23(4)14-25-20;1-3-16-14(8-18-10-20-16)6-12(1)5-13-2-4-17-15(7-13)9-19-11-21-17/h3-18H,19-22H2,1-2H3;1-16H,17-21H2;1-14,16-17H,15,18-21H2;5-10H,11-14H2,1-4H3;1-4,6-7,18-19H,5,8-11H2. The second kappa shape index (κ2) is 43.6. The minimum absolute atomic E-state index is 0.0733. The first kappa shape index (κ1) is 96.0. The predicted octanol–water partition coefficient (Wildman–Crippen LogP) is 24.4. The number of fused-ring (bicyclic) bond motifs is 10. The molecule has 0 atom stereocenters. The van der Waals surface area contributed by atoms with Gasteiger partial charge in [-0.3, -0.25) is 20.4 Å². The number of nitrogens with zero attached hydrogens (tertiary/aromatic N) is 8. The van der Waals surface area contributed by atoms with Crippen molar-refractivity contribution < 1.29 is 47.4 Å². The van der Waals surface area contributed by atoms with Crippen molar-refractivity contribution in [3.05, 3.63) is 475 Å². The molecule has 0 aliphatic carbocycles. The third kappa shape index (κ3) is 22.5. The van der Waals surface area contributed by atoms with Crippen LogP contribution in [0.15, 0.2) is 364 Å². The molecule has 0 saturated carbocycles. The van der Waals surface area contributed by atoms with Crippen molar-refractivity contribution >= 4 is 34.1 Å². The van der Waals surface area contributed by atoms with Crippen LogP contribution in [-0.2, 0) is 95.5 Å². The molecule has 26 rings (SSSR count). The smallest absolute Gasteiger partial charge is 0.161 e. The summed E-state index contributed by atoms with van der Waals surface area (Å²) in [5, 5.41) is 6.45. The van der Waals surface area contributed by atoms with Gasteiger partial charge in [-0.25, -0.2) is 0 Å². The van der Waals surface area contributed by atoms with Gasteiger partial charge in [0.2, 0.25) is 0 Å². The van der Waals surface area contributed by atoms with Gasteiger partial charge in [0, 0.05) is 166 Å². The Bertz CT molecular complexity index is 6860. The highest BCUT2D eigenvalue weighted by Crippen LogP contribution is 2.44. The molecule has 16 aromatic rings. The van der Waals surface area contributed by atoms with Crippen molar-refractivity contribution in [2.75, 3.05) is 111 Å². The number of rotatable bonds is 16. The van der Waals surface area contributed by atoms with Crippen LogP contribution in [-0.4, -0.2) is 91.2 Å². The molecule has 20 nitrogen and oxygen atoms in total. The van der Waals surface area contributed by atoms with E-state index in [0.717, 1.165) is 142 Å². The number of benzene rings is 16. The number of anilines is 6. The highest BCUT2D eigenvalue weighted by atomic mass is 16.5. The lowest BCUT2D eigenvalue weighted by atomic mass is 9.77. The fourth-order valence-electron chi connectivity index (χ4n) is 20.8. The van der Waals surface area contributed by atoms with Gasteiger partial charge in [-0.2, -0.15) is 0 Å². The molecule has 0 spiro atoms. The summed E-state index contributed by atoms with van der Waals surface area (Å²) in [6.45, 7) is 24.0. The predicted molar refractivity (Wildman–Crippen MR) is 584 cm³/mol. The van der Waals surface area contributed by atoms with E-state index in [1.165, 1.54) is 145 Å². The average molecular weight is 1950 g/mol. The minimum atomic E-state index is -0.159. The average Bonchev–Trinajstić information content (AvgIpc) is 0.761. The Kier molecular flexibility index (Phi) is 28.5. The Morgan fingerprint density at radius 2 is 0.415 bits per heavy atom. The topological polar surface area (TPSA) is 142 Å². The van der Waals surface area contributed by atoms with Crippen LogP contribution in [0.1, 0.15) is 139 Å². The van der Waals surface area contributed by atoms with Crippen molar-refractivity contribution in [1.82, 2.24) is 20.4 Å². The van der Waals surface area contributed by atoms with E-state index in [9.17, 15) is 0 Å². The summed E-state index contributed by atoms with van der Waals surface area (Å²) in [5.41, 5.74) is 32.3. The summed E-state index contributed by atoms with van der Waals surface area (Å²) in [6.07, 6.45) is 2.73. The van der Waals surface area contributed by atoms with Gasteiger partial charge in [-0.05, 0) is 259 Å². The molecule has 20 heteroatoms. The molecule has 147 heavy (non-hydrogen) atoms. The first-order valence-corrected chi connectivity index (χ1v) is 51.1. The van der Waals surface area contributed by atoms with Gasteiger partial charge in [0.15, 0.2) is 40.4 Å². The second-order valence-electron chi connectivity index (χ2n) is 40.6. The maximum Gasteiger partial charge on any atom is 0.161 e. The summed E-state index contributed by atoms with van der Waals surface area (Å²) in [6, 6.07) is 129. The van der Waals surface area contributed by atoms with E-state index in [1.54, 1.807) is 0 Å². The third-order valence-electron chi connectivity index (χ3n) is 29.4. The van der Waals surface area contributed by atoms with E-state index >= 15 is 0 Å². The lowest BCUT2D eigenvalue weighted by molar-refractivity contribution is 0.121. The van der Waals surface area contributed by atoms with Crippen LogP contribution >= 0.6 is 0 Å². The molecular weight excluding hydrogens is 1830 g/mol.